The Balaban J connectivity index is 0.00000289. The average Bonchev–Trinajstić information content (AvgIpc) is 2.35. The lowest BCUT2D eigenvalue weighted by Crippen LogP contribution is -2.34. The Morgan fingerprint density at radius 3 is 2.28 bits per heavy atom. The van der Waals surface area contributed by atoms with Crippen molar-refractivity contribution in [3.05, 3.63) is 29.8 Å². The van der Waals surface area contributed by atoms with Gasteiger partial charge in [-0.15, -0.1) is 12.4 Å². The predicted molar refractivity (Wildman–Crippen MR) is 79.1 cm³/mol. The van der Waals surface area contributed by atoms with E-state index in [1.165, 1.54) is 0 Å². The van der Waals surface area contributed by atoms with Gasteiger partial charge in [0.25, 0.3) is 5.91 Å². The maximum absolute atomic E-state index is 12.2. The fourth-order valence-electron chi connectivity index (χ4n) is 1.67. The van der Waals surface area contributed by atoms with Crippen molar-refractivity contribution in [2.24, 2.45) is 5.92 Å². The zero-order valence-corrected chi connectivity index (χ0v) is 12.2. The summed E-state index contributed by atoms with van der Waals surface area (Å²) in [7, 11) is 0. The third kappa shape index (κ3) is 4.57. The first-order valence-corrected chi connectivity index (χ1v) is 6.23. The second-order valence-corrected chi connectivity index (χ2v) is 4.48. The first-order chi connectivity index (χ1) is 8.08. The fraction of sp³-hybridized carbons (Fsp3) is 0.500. The molecule has 18 heavy (non-hydrogen) atoms. The van der Waals surface area contributed by atoms with Crippen LogP contribution in [0, 0.1) is 5.92 Å². The molecule has 0 aliphatic rings. The zero-order valence-electron chi connectivity index (χ0n) is 11.3. The number of anilines is 1. The molecule has 2 N–H and O–H groups in total. The van der Waals surface area contributed by atoms with Gasteiger partial charge in [0.1, 0.15) is 0 Å². The molecule has 4 heteroatoms. The molecular weight excluding hydrogens is 248 g/mol. The molecule has 1 atom stereocenters. The van der Waals surface area contributed by atoms with Crippen molar-refractivity contribution in [3.8, 4) is 0 Å². The van der Waals surface area contributed by atoms with Crippen molar-refractivity contribution < 1.29 is 4.79 Å². The van der Waals surface area contributed by atoms with Gasteiger partial charge in [-0.25, -0.2) is 0 Å². The van der Waals surface area contributed by atoms with Crippen LogP contribution in [-0.4, -0.2) is 23.9 Å². The molecule has 1 amide bonds. The van der Waals surface area contributed by atoms with E-state index < -0.39 is 0 Å². The van der Waals surface area contributed by atoms with Crippen LogP contribution in [0.25, 0.3) is 0 Å². The number of nitrogens with two attached hydrogens (primary N) is 1. The SMILES string of the molecule is CCC(C)CN(CC)C(=O)c1ccc(N)cc1.Cl. The molecular formula is C14H23ClN2O. The van der Waals surface area contributed by atoms with Gasteiger partial charge in [0.2, 0.25) is 0 Å². The maximum Gasteiger partial charge on any atom is 0.253 e. The summed E-state index contributed by atoms with van der Waals surface area (Å²) in [4.78, 5) is 14.1. The van der Waals surface area contributed by atoms with E-state index >= 15 is 0 Å². The molecule has 0 saturated heterocycles. The zero-order chi connectivity index (χ0) is 12.8. The fourth-order valence-corrected chi connectivity index (χ4v) is 1.67. The van der Waals surface area contributed by atoms with Gasteiger partial charge in [-0.2, -0.15) is 0 Å². The number of nitrogens with zero attached hydrogens (tertiary/aromatic N) is 1. The highest BCUT2D eigenvalue weighted by Crippen LogP contribution is 2.11. The Morgan fingerprint density at radius 2 is 1.83 bits per heavy atom. The molecule has 3 nitrogen and oxygen atoms in total. The summed E-state index contributed by atoms with van der Waals surface area (Å²) in [6, 6.07) is 7.11. The number of amides is 1. The first-order valence-electron chi connectivity index (χ1n) is 6.23. The molecule has 0 aliphatic carbocycles. The van der Waals surface area contributed by atoms with Gasteiger partial charge >= 0.3 is 0 Å². The van der Waals surface area contributed by atoms with Crippen molar-refractivity contribution in [1.29, 1.82) is 0 Å². The van der Waals surface area contributed by atoms with Crippen LogP contribution in [0.4, 0.5) is 5.69 Å². The lowest BCUT2D eigenvalue weighted by Gasteiger charge is -2.24. The predicted octanol–water partition coefficient (Wildman–Crippen LogP) is 3.20. The molecule has 0 aromatic heterocycles. The highest BCUT2D eigenvalue weighted by molar-refractivity contribution is 5.94. The van der Waals surface area contributed by atoms with Crippen molar-refractivity contribution in [3.63, 3.8) is 0 Å². The van der Waals surface area contributed by atoms with E-state index in [0.717, 1.165) is 19.5 Å². The summed E-state index contributed by atoms with van der Waals surface area (Å²) in [5.41, 5.74) is 7.01. The monoisotopic (exact) mass is 270 g/mol. The Morgan fingerprint density at radius 1 is 1.28 bits per heavy atom. The second-order valence-electron chi connectivity index (χ2n) is 4.48. The maximum atomic E-state index is 12.2. The topological polar surface area (TPSA) is 46.3 Å². The molecule has 0 aliphatic heterocycles. The van der Waals surface area contributed by atoms with E-state index in [1.54, 1.807) is 24.3 Å². The summed E-state index contributed by atoms with van der Waals surface area (Å²) < 4.78 is 0. The highest BCUT2D eigenvalue weighted by atomic mass is 35.5. The number of carbonyl (C=O) groups is 1. The molecule has 0 fully saturated rings. The summed E-state index contributed by atoms with van der Waals surface area (Å²) in [6.07, 6.45) is 1.09. The number of carbonyl (C=O) groups excluding carboxylic acids is 1. The van der Waals surface area contributed by atoms with Crippen molar-refractivity contribution >= 4 is 24.0 Å². The minimum absolute atomic E-state index is 0. The van der Waals surface area contributed by atoms with Crippen molar-refractivity contribution in [2.45, 2.75) is 27.2 Å². The van der Waals surface area contributed by atoms with Gasteiger partial charge in [-0.1, -0.05) is 20.3 Å². The van der Waals surface area contributed by atoms with Crippen LogP contribution in [0.3, 0.4) is 0 Å². The van der Waals surface area contributed by atoms with Crippen LogP contribution >= 0.6 is 12.4 Å². The Labute approximate surface area is 116 Å². The Kier molecular flexibility index (Phi) is 7.44. The molecule has 0 radical (unpaired) electrons. The minimum atomic E-state index is 0. The van der Waals surface area contributed by atoms with Crippen LogP contribution < -0.4 is 5.73 Å². The number of hydrogen-bond donors (Lipinski definition) is 1. The van der Waals surface area contributed by atoms with Gasteiger partial charge in [-0.05, 0) is 37.1 Å². The van der Waals surface area contributed by atoms with Crippen LogP contribution in [-0.2, 0) is 0 Å². The van der Waals surface area contributed by atoms with E-state index in [9.17, 15) is 4.79 Å². The largest absolute Gasteiger partial charge is 0.399 e. The van der Waals surface area contributed by atoms with Gasteiger partial charge in [0, 0.05) is 24.3 Å². The van der Waals surface area contributed by atoms with E-state index in [2.05, 4.69) is 13.8 Å². The molecule has 0 bridgehead atoms. The molecule has 1 rings (SSSR count). The van der Waals surface area contributed by atoms with Crippen LogP contribution in [0.2, 0.25) is 0 Å². The molecule has 0 spiro atoms. The molecule has 0 saturated carbocycles. The second kappa shape index (κ2) is 7.98. The number of benzene rings is 1. The number of halogens is 1. The van der Waals surface area contributed by atoms with Gasteiger partial charge in [0.05, 0.1) is 0 Å². The molecule has 1 aromatic rings. The molecule has 0 heterocycles. The molecule has 1 unspecified atom stereocenters. The number of rotatable bonds is 5. The lowest BCUT2D eigenvalue weighted by molar-refractivity contribution is 0.0741. The smallest absolute Gasteiger partial charge is 0.253 e. The highest BCUT2D eigenvalue weighted by Gasteiger charge is 2.15. The normalized spacial score (nSPS) is 11.5. The number of hydrogen-bond acceptors (Lipinski definition) is 2. The summed E-state index contributed by atoms with van der Waals surface area (Å²) >= 11 is 0. The number of nitrogen functional groups attached to an aromatic ring is 1. The minimum Gasteiger partial charge on any atom is -0.399 e. The quantitative estimate of drug-likeness (QED) is 0.835. The van der Waals surface area contributed by atoms with E-state index in [0.29, 0.717) is 17.2 Å². The standard InChI is InChI=1S/C14H22N2O.ClH/c1-4-11(3)10-16(5-2)14(17)12-6-8-13(15)9-7-12;/h6-9,11H,4-5,10,15H2,1-3H3;1H. The van der Waals surface area contributed by atoms with Crippen LogP contribution in [0.5, 0.6) is 0 Å². The van der Waals surface area contributed by atoms with Crippen LogP contribution in [0.15, 0.2) is 24.3 Å². The molecule has 102 valence electrons. The third-order valence-electron chi connectivity index (χ3n) is 3.06. The summed E-state index contributed by atoms with van der Waals surface area (Å²) in [5, 5.41) is 0. The summed E-state index contributed by atoms with van der Waals surface area (Å²) in [6.45, 7) is 7.88. The Hall–Kier alpha value is -1.22. The van der Waals surface area contributed by atoms with Gasteiger partial charge < -0.3 is 10.6 Å². The van der Waals surface area contributed by atoms with E-state index in [-0.39, 0.29) is 18.3 Å². The molecule has 1 aromatic carbocycles. The van der Waals surface area contributed by atoms with Gasteiger partial charge in [-0.3, -0.25) is 4.79 Å². The average molecular weight is 271 g/mol. The van der Waals surface area contributed by atoms with E-state index in [1.807, 2.05) is 11.8 Å². The van der Waals surface area contributed by atoms with Crippen LogP contribution in [0.1, 0.15) is 37.6 Å². The third-order valence-corrected chi connectivity index (χ3v) is 3.06. The van der Waals surface area contributed by atoms with E-state index in [4.69, 9.17) is 5.73 Å². The van der Waals surface area contributed by atoms with Gasteiger partial charge in [0.15, 0.2) is 0 Å². The van der Waals surface area contributed by atoms with Crippen molar-refractivity contribution in [2.75, 3.05) is 18.8 Å². The van der Waals surface area contributed by atoms with Crippen molar-refractivity contribution in [1.82, 2.24) is 4.90 Å². The first kappa shape index (κ1) is 16.8. The Bertz CT molecular complexity index is 365. The summed E-state index contributed by atoms with van der Waals surface area (Å²) in [5.74, 6) is 0.625. The lowest BCUT2D eigenvalue weighted by atomic mass is 10.1.